The average molecular weight is 310 g/mol. The van der Waals surface area contributed by atoms with Gasteiger partial charge >= 0.3 is 5.97 Å². The summed E-state index contributed by atoms with van der Waals surface area (Å²) < 4.78 is 9.33. The zero-order valence-corrected chi connectivity index (χ0v) is 12.3. The Morgan fingerprint density at radius 1 is 1.52 bits per heavy atom. The van der Waals surface area contributed by atoms with Gasteiger partial charge in [-0.25, -0.2) is 4.79 Å². The molecular formula is C12H14N4O4S. The van der Waals surface area contributed by atoms with Crippen molar-refractivity contribution in [3.8, 4) is 0 Å². The van der Waals surface area contributed by atoms with Gasteiger partial charge in [0.2, 0.25) is 6.39 Å². The van der Waals surface area contributed by atoms with E-state index in [2.05, 4.69) is 20.0 Å². The van der Waals surface area contributed by atoms with Gasteiger partial charge in [0.25, 0.3) is 0 Å². The van der Waals surface area contributed by atoms with E-state index in [-0.39, 0.29) is 23.6 Å². The molecule has 0 aliphatic carbocycles. The maximum absolute atomic E-state index is 11.9. The quantitative estimate of drug-likeness (QED) is 0.611. The maximum atomic E-state index is 11.9. The highest BCUT2D eigenvalue weighted by atomic mass is 32.1. The standard InChI is InChI=1S/C12H14N4O4S/c1-3-6(17)10-9(13)8(12(18)19-2)11(21-10)14-4-7-15-5-20-16-7/h5,14H,3-4,13H2,1-2H3. The molecule has 0 spiro atoms. The first kappa shape index (κ1) is 15.0. The van der Waals surface area contributed by atoms with Crippen molar-refractivity contribution in [2.75, 3.05) is 18.2 Å². The molecule has 2 rings (SSSR count). The first-order valence-corrected chi connectivity index (χ1v) is 6.93. The zero-order valence-electron chi connectivity index (χ0n) is 11.5. The van der Waals surface area contributed by atoms with Crippen molar-refractivity contribution in [2.24, 2.45) is 0 Å². The minimum Gasteiger partial charge on any atom is -0.465 e. The molecule has 0 aliphatic rings. The molecule has 0 fully saturated rings. The molecule has 2 aromatic heterocycles. The number of hydrogen-bond donors (Lipinski definition) is 2. The van der Waals surface area contributed by atoms with Gasteiger partial charge in [0.15, 0.2) is 11.6 Å². The van der Waals surface area contributed by atoms with Gasteiger partial charge < -0.3 is 20.3 Å². The number of esters is 1. The average Bonchev–Trinajstić information content (AvgIpc) is 3.11. The van der Waals surface area contributed by atoms with Crippen molar-refractivity contribution < 1.29 is 18.8 Å². The van der Waals surface area contributed by atoms with Crippen molar-refractivity contribution in [1.82, 2.24) is 10.1 Å². The van der Waals surface area contributed by atoms with Gasteiger partial charge in [-0.15, -0.1) is 11.3 Å². The van der Waals surface area contributed by atoms with E-state index in [0.717, 1.165) is 11.3 Å². The SMILES string of the molecule is CCC(=O)c1sc(NCc2ncon2)c(C(=O)OC)c1N. The van der Waals surface area contributed by atoms with Crippen LogP contribution in [0.4, 0.5) is 10.7 Å². The van der Waals surface area contributed by atoms with Crippen LogP contribution < -0.4 is 11.1 Å². The molecule has 8 nitrogen and oxygen atoms in total. The number of nitrogen functional groups attached to an aromatic ring is 1. The first-order valence-electron chi connectivity index (χ1n) is 6.11. The molecule has 0 bridgehead atoms. The molecule has 0 aliphatic heterocycles. The third-order valence-corrected chi connectivity index (χ3v) is 3.93. The molecule has 0 saturated heterocycles. The van der Waals surface area contributed by atoms with Crippen molar-refractivity contribution in [3.05, 3.63) is 22.7 Å². The number of carbonyl (C=O) groups excluding carboxylic acids is 2. The number of Topliss-reactive ketones (excluding diaryl/α,β-unsaturated/α-hetero) is 1. The van der Waals surface area contributed by atoms with Crippen LogP contribution in [0.5, 0.6) is 0 Å². The summed E-state index contributed by atoms with van der Waals surface area (Å²) in [5.41, 5.74) is 6.19. The Labute approximate surface area is 124 Å². The Morgan fingerprint density at radius 3 is 2.86 bits per heavy atom. The number of rotatable bonds is 6. The van der Waals surface area contributed by atoms with Gasteiger partial charge in [-0.3, -0.25) is 4.79 Å². The highest BCUT2D eigenvalue weighted by Crippen LogP contribution is 2.37. The molecule has 3 N–H and O–H groups in total. The lowest BCUT2D eigenvalue weighted by Gasteiger charge is -2.04. The molecule has 0 aromatic carbocycles. The predicted molar refractivity (Wildman–Crippen MR) is 76.3 cm³/mol. The van der Waals surface area contributed by atoms with Crippen LogP contribution in [0.1, 0.15) is 39.2 Å². The number of ketones is 1. The molecule has 0 atom stereocenters. The van der Waals surface area contributed by atoms with Crippen LogP contribution >= 0.6 is 11.3 Å². The lowest BCUT2D eigenvalue weighted by atomic mass is 10.2. The van der Waals surface area contributed by atoms with Gasteiger partial charge in [0, 0.05) is 6.42 Å². The number of ether oxygens (including phenoxy) is 1. The molecule has 21 heavy (non-hydrogen) atoms. The Morgan fingerprint density at radius 2 is 2.29 bits per heavy atom. The minimum atomic E-state index is -0.602. The highest BCUT2D eigenvalue weighted by molar-refractivity contribution is 7.19. The number of methoxy groups -OCH3 is 1. The van der Waals surface area contributed by atoms with E-state index in [1.165, 1.54) is 13.5 Å². The minimum absolute atomic E-state index is 0.129. The van der Waals surface area contributed by atoms with Crippen LogP contribution in [-0.4, -0.2) is 29.0 Å². The van der Waals surface area contributed by atoms with E-state index < -0.39 is 5.97 Å². The molecule has 0 saturated carbocycles. The maximum Gasteiger partial charge on any atom is 0.343 e. The summed E-state index contributed by atoms with van der Waals surface area (Å²) in [5.74, 6) is -0.314. The fraction of sp³-hybridized carbons (Fsp3) is 0.333. The summed E-state index contributed by atoms with van der Waals surface area (Å²) in [7, 11) is 1.25. The fourth-order valence-corrected chi connectivity index (χ4v) is 2.78. The van der Waals surface area contributed by atoms with Crippen LogP contribution in [0.25, 0.3) is 0 Å². The Balaban J connectivity index is 2.33. The van der Waals surface area contributed by atoms with E-state index in [1.54, 1.807) is 6.92 Å². The predicted octanol–water partition coefficient (Wildman–Crippen LogP) is 1.70. The van der Waals surface area contributed by atoms with Gasteiger partial charge in [-0.05, 0) is 0 Å². The lowest BCUT2D eigenvalue weighted by Crippen LogP contribution is -2.09. The summed E-state index contributed by atoms with van der Waals surface area (Å²) in [6.45, 7) is 1.96. The number of thiophene rings is 1. The number of nitrogens with one attached hydrogen (secondary N) is 1. The third kappa shape index (κ3) is 3.02. The van der Waals surface area contributed by atoms with Crippen LogP contribution in [-0.2, 0) is 11.3 Å². The normalized spacial score (nSPS) is 10.4. The van der Waals surface area contributed by atoms with E-state index in [0.29, 0.717) is 22.1 Å². The number of nitrogens with two attached hydrogens (primary N) is 1. The number of carbonyl (C=O) groups is 2. The molecule has 2 aromatic rings. The van der Waals surface area contributed by atoms with Crippen LogP contribution in [0, 0.1) is 0 Å². The Bertz CT molecular complexity index is 651. The molecule has 9 heteroatoms. The third-order valence-electron chi connectivity index (χ3n) is 2.72. The summed E-state index contributed by atoms with van der Waals surface area (Å²) in [5, 5.41) is 7.07. The van der Waals surface area contributed by atoms with Crippen LogP contribution in [0.3, 0.4) is 0 Å². The monoisotopic (exact) mass is 310 g/mol. The summed E-state index contributed by atoms with van der Waals surface area (Å²) in [6.07, 6.45) is 1.50. The van der Waals surface area contributed by atoms with E-state index >= 15 is 0 Å². The van der Waals surface area contributed by atoms with Crippen molar-refractivity contribution in [2.45, 2.75) is 19.9 Å². The first-order chi connectivity index (χ1) is 10.1. The van der Waals surface area contributed by atoms with Crippen LogP contribution in [0.15, 0.2) is 10.9 Å². The second-order valence-electron chi connectivity index (χ2n) is 4.02. The summed E-state index contributed by atoms with van der Waals surface area (Å²) in [6, 6.07) is 0. The van der Waals surface area contributed by atoms with E-state index in [4.69, 9.17) is 10.5 Å². The second kappa shape index (κ2) is 6.35. The number of anilines is 2. The van der Waals surface area contributed by atoms with Crippen molar-refractivity contribution in [1.29, 1.82) is 0 Å². The van der Waals surface area contributed by atoms with E-state index in [9.17, 15) is 9.59 Å². The lowest BCUT2D eigenvalue weighted by molar-refractivity contribution is 0.0603. The molecule has 0 unspecified atom stereocenters. The molecular weight excluding hydrogens is 296 g/mol. The molecule has 112 valence electrons. The number of hydrogen-bond acceptors (Lipinski definition) is 9. The zero-order chi connectivity index (χ0) is 15.4. The van der Waals surface area contributed by atoms with Gasteiger partial charge in [-0.1, -0.05) is 12.1 Å². The smallest absolute Gasteiger partial charge is 0.343 e. The number of aromatic nitrogens is 2. The fourth-order valence-electron chi connectivity index (χ4n) is 1.67. The Hall–Kier alpha value is -2.42. The van der Waals surface area contributed by atoms with Gasteiger partial charge in [-0.2, -0.15) is 4.98 Å². The largest absolute Gasteiger partial charge is 0.465 e. The molecule has 2 heterocycles. The molecule has 0 amide bonds. The van der Waals surface area contributed by atoms with Crippen molar-refractivity contribution in [3.63, 3.8) is 0 Å². The Kier molecular flexibility index (Phi) is 4.53. The number of nitrogens with zero attached hydrogens (tertiary/aromatic N) is 2. The van der Waals surface area contributed by atoms with Crippen molar-refractivity contribution >= 4 is 33.8 Å². The second-order valence-corrected chi connectivity index (χ2v) is 5.04. The topological polar surface area (TPSA) is 120 Å². The van der Waals surface area contributed by atoms with Gasteiger partial charge in [0.1, 0.15) is 10.6 Å². The summed E-state index contributed by atoms with van der Waals surface area (Å²) in [4.78, 5) is 27.9. The summed E-state index contributed by atoms with van der Waals surface area (Å²) >= 11 is 1.11. The van der Waals surface area contributed by atoms with Gasteiger partial charge in [0.05, 0.1) is 24.2 Å². The van der Waals surface area contributed by atoms with Crippen LogP contribution in [0.2, 0.25) is 0 Å². The van der Waals surface area contributed by atoms with E-state index in [1.807, 2.05) is 0 Å². The highest BCUT2D eigenvalue weighted by Gasteiger charge is 2.25. The molecule has 0 radical (unpaired) electrons.